The summed E-state index contributed by atoms with van der Waals surface area (Å²) in [6.07, 6.45) is 2.98. The summed E-state index contributed by atoms with van der Waals surface area (Å²) in [4.78, 5) is 11.3. The molecule has 1 aliphatic carbocycles. The smallest absolute Gasteiger partial charge is 0.315 e. The topological polar surface area (TPSA) is 41.1 Å². The SMILES string of the molecule is O=C(NCCc1ccccc1Cl)NC1CC1. The van der Waals surface area contributed by atoms with Crippen molar-refractivity contribution in [2.24, 2.45) is 0 Å². The minimum Gasteiger partial charge on any atom is -0.338 e. The van der Waals surface area contributed by atoms with Crippen molar-refractivity contribution in [3.8, 4) is 0 Å². The number of carbonyl (C=O) groups is 1. The number of nitrogens with one attached hydrogen (secondary N) is 2. The van der Waals surface area contributed by atoms with Crippen molar-refractivity contribution in [1.29, 1.82) is 0 Å². The summed E-state index contributed by atoms with van der Waals surface area (Å²) in [7, 11) is 0. The molecule has 0 atom stereocenters. The van der Waals surface area contributed by atoms with E-state index in [2.05, 4.69) is 10.6 Å². The summed E-state index contributed by atoms with van der Waals surface area (Å²) in [5, 5.41) is 6.45. The second-order valence-electron chi connectivity index (χ2n) is 4.02. The highest BCUT2D eigenvalue weighted by atomic mass is 35.5. The van der Waals surface area contributed by atoms with Gasteiger partial charge in [0.25, 0.3) is 0 Å². The molecule has 0 saturated heterocycles. The zero-order valence-corrected chi connectivity index (χ0v) is 9.76. The van der Waals surface area contributed by atoms with Crippen LogP contribution in [0.5, 0.6) is 0 Å². The van der Waals surface area contributed by atoms with Gasteiger partial charge in [-0.1, -0.05) is 29.8 Å². The lowest BCUT2D eigenvalue weighted by atomic mass is 10.1. The van der Waals surface area contributed by atoms with Gasteiger partial charge < -0.3 is 10.6 Å². The molecule has 1 aromatic rings. The van der Waals surface area contributed by atoms with Crippen molar-refractivity contribution in [1.82, 2.24) is 10.6 Å². The van der Waals surface area contributed by atoms with Gasteiger partial charge in [0.2, 0.25) is 0 Å². The molecular weight excluding hydrogens is 224 g/mol. The lowest BCUT2D eigenvalue weighted by molar-refractivity contribution is 0.240. The maximum absolute atomic E-state index is 11.3. The molecular formula is C12H15ClN2O. The van der Waals surface area contributed by atoms with E-state index < -0.39 is 0 Å². The third-order valence-electron chi connectivity index (χ3n) is 2.55. The van der Waals surface area contributed by atoms with Crippen LogP contribution in [0.3, 0.4) is 0 Å². The Morgan fingerprint density at radius 3 is 2.81 bits per heavy atom. The number of hydrogen-bond acceptors (Lipinski definition) is 1. The highest BCUT2D eigenvalue weighted by Gasteiger charge is 2.22. The summed E-state index contributed by atoms with van der Waals surface area (Å²) < 4.78 is 0. The molecule has 0 bridgehead atoms. The van der Waals surface area contributed by atoms with Gasteiger partial charge in [-0.25, -0.2) is 4.79 Å². The fraction of sp³-hybridized carbons (Fsp3) is 0.417. The summed E-state index contributed by atoms with van der Waals surface area (Å²) >= 11 is 6.01. The van der Waals surface area contributed by atoms with E-state index in [1.165, 1.54) is 0 Å². The van der Waals surface area contributed by atoms with E-state index in [-0.39, 0.29) is 6.03 Å². The van der Waals surface area contributed by atoms with Crippen LogP contribution in [-0.4, -0.2) is 18.6 Å². The van der Waals surface area contributed by atoms with Crippen molar-refractivity contribution in [3.63, 3.8) is 0 Å². The van der Waals surface area contributed by atoms with E-state index in [0.717, 1.165) is 29.8 Å². The van der Waals surface area contributed by atoms with Crippen LogP contribution in [-0.2, 0) is 6.42 Å². The first-order valence-electron chi connectivity index (χ1n) is 5.53. The number of urea groups is 1. The van der Waals surface area contributed by atoms with Crippen molar-refractivity contribution in [2.45, 2.75) is 25.3 Å². The second kappa shape index (κ2) is 5.21. The van der Waals surface area contributed by atoms with Crippen LogP contribution < -0.4 is 10.6 Å². The van der Waals surface area contributed by atoms with Crippen LogP contribution in [0.15, 0.2) is 24.3 Å². The Labute approximate surface area is 100 Å². The van der Waals surface area contributed by atoms with Crippen molar-refractivity contribution in [3.05, 3.63) is 34.9 Å². The molecule has 0 heterocycles. The van der Waals surface area contributed by atoms with Gasteiger partial charge in [0.05, 0.1) is 0 Å². The number of rotatable bonds is 4. The lowest BCUT2D eigenvalue weighted by Gasteiger charge is -2.07. The molecule has 0 aromatic heterocycles. The van der Waals surface area contributed by atoms with E-state index in [1.807, 2.05) is 24.3 Å². The maximum atomic E-state index is 11.3. The van der Waals surface area contributed by atoms with E-state index in [1.54, 1.807) is 0 Å². The standard InChI is InChI=1S/C12H15ClN2O/c13-11-4-2-1-3-9(11)7-8-14-12(16)15-10-5-6-10/h1-4,10H,5-8H2,(H2,14,15,16). The van der Waals surface area contributed by atoms with Crippen LogP contribution in [0, 0.1) is 0 Å². The number of amides is 2. The molecule has 2 rings (SSSR count). The normalized spacial score (nSPS) is 14.6. The fourth-order valence-corrected chi connectivity index (χ4v) is 1.71. The first-order valence-corrected chi connectivity index (χ1v) is 5.91. The summed E-state index contributed by atoms with van der Waals surface area (Å²) in [5.41, 5.74) is 1.07. The highest BCUT2D eigenvalue weighted by Crippen LogP contribution is 2.18. The summed E-state index contributed by atoms with van der Waals surface area (Å²) in [6, 6.07) is 8.02. The third kappa shape index (κ3) is 3.42. The van der Waals surface area contributed by atoms with Gasteiger partial charge in [-0.3, -0.25) is 0 Å². The highest BCUT2D eigenvalue weighted by molar-refractivity contribution is 6.31. The van der Waals surface area contributed by atoms with E-state index in [0.29, 0.717) is 12.6 Å². The zero-order valence-electron chi connectivity index (χ0n) is 9.00. The maximum Gasteiger partial charge on any atom is 0.315 e. The second-order valence-corrected chi connectivity index (χ2v) is 4.42. The average molecular weight is 239 g/mol. The van der Waals surface area contributed by atoms with Crippen LogP contribution >= 0.6 is 11.6 Å². The van der Waals surface area contributed by atoms with Crippen LogP contribution in [0.2, 0.25) is 5.02 Å². The first-order chi connectivity index (χ1) is 7.75. The third-order valence-corrected chi connectivity index (χ3v) is 2.92. The molecule has 3 nitrogen and oxygen atoms in total. The molecule has 86 valence electrons. The van der Waals surface area contributed by atoms with Crippen molar-refractivity contribution < 1.29 is 4.79 Å². The molecule has 1 saturated carbocycles. The predicted octanol–water partition coefficient (Wildman–Crippen LogP) is 2.34. The van der Waals surface area contributed by atoms with Gasteiger partial charge in [-0.2, -0.15) is 0 Å². The summed E-state index contributed by atoms with van der Waals surface area (Å²) in [5.74, 6) is 0. The van der Waals surface area contributed by atoms with Crippen LogP contribution in [0.25, 0.3) is 0 Å². The number of halogens is 1. The van der Waals surface area contributed by atoms with Gasteiger partial charge >= 0.3 is 6.03 Å². The Hall–Kier alpha value is -1.22. The van der Waals surface area contributed by atoms with E-state index in [4.69, 9.17) is 11.6 Å². The Kier molecular flexibility index (Phi) is 3.67. The number of benzene rings is 1. The fourth-order valence-electron chi connectivity index (χ4n) is 1.48. The predicted molar refractivity (Wildman–Crippen MR) is 64.7 cm³/mol. The van der Waals surface area contributed by atoms with Gasteiger partial charge in [0.15, 0.2) is 0 Å². The van der Waals surface area contributed by atoms with Crippen LogP contribution in [0.4, 0.5) is 4.79 Å². The monoisotopic (exact) mass is 238 g/mol. The Morgan fingerprint density at radius 1 is 1.38 bits per heavy atom. The van der Waals surface area contributed by atoms with E-state index in [9.17, 15) is 4.79 Å². The lowest BCUT2D eigenvalue weighted by Crippen LogP contribution is -2.37. The molecule has 0 unspecified atom stereocenters. The Balaban J connectivity index is 1.70. The Bertz CT molecular complexity index is 377. The quantitative estimate of drug-likeness (QED) is 0.831. The van der Waals surface area contributed by atoms with Crippen molar-refractivity contribution in [2.75, 3.05) is 6.54 Å². The Morgan fingerprint density at radius 2 is 2.12 bits per heavy atom. The minimum absolute atomic E-state index is 0.0745. The molecule has 16 heavy (non-hydrogen) atoms. The minimum atomic E-state index is -0.0745. The molecule has 0 spiro atoms. The molecule has 4 heteroatoms. The molecule has 0 radical (unpaired) electrons. The van der Waals surface area contributed by atoms with Crippen molar-refractivity contribution >= 4 is 17.6 Å². The number of carbonyl (C=O) groups excluding carboxylic acids is 1. The zero-order chi connectivity index (χ0) is 11.4. The molecule has 1 fully saturated rings. The van der Waals surface area contributed by atoms with Gasteiger partial charge in [0.1, 0.15) is 0 Å². The average Bonchev–Trinajstić information content (AvgIpc) is 3.05. The molecule has 2 N–H and O–H groups in total. The number of hydrogen-bond donors (Lipinski definition) is 2. The molecule has 1 aromatic carbocycles. The molecule has 2 amide bonds. The van der Waals surface area contributed by atoms with Gasteiger partial charge in [0, 0.05) is 17.6 Å². The largest absolute Gasteiger partial charge is 0.338 e. The first kappa shape index (κ1) is 11.3. The van der Waals surface area contributed by atoms with Crippen LogP contribution in [0.1, 0.15) is 18.4 Å². The van der Waals surface area contributed by atoms with E-state index >= 15 is 0 Å². The molecule has 1 aliphatic rings. The van der Waals surface area contributed by atoms with Gasteiger partial charge in [-0.15, -0.1) is 0 Å². The van der Waals surface area contributed by atoms with Gasteiger partial charge in [-0.05, 0) is 30.9 Å². The summed E-state index contributed by atoms with van der Waals surface area (Å²) in [6.45, 7) is 0.613. The molecule has 0 aliphatic heterocycles.